The van der Waals surface area contributed by atoms with Crippen molar-refractivity contribution < 1.29 is 68.7 Å². The Morgan fingerprint density at radius 2 is 1.79 bits per heavy atom. The van der Waals surface area contributed by atoms with Crippen molar-refractivity contribution in [2.75, 3.05) is 0 Å². The largest absolute Gasteiger partial charge is 1.00 e. The Labute approximate surface area is 121 Å². The van der Waals surface area contributed by atoms with Crippen molar-refractivity contribution in [3.63, 3.8) is 0 Å². The minimum absolute atomic E-state index is 0. The van der Waals surface area contributed by atoms with Gasteiger partial charge in [0.25, 0.3) is 0 Å². The molecule has 0 aromatic heterocycles. The molecule has 1 nitrogen and oxygen atoms in total. The van der Waals surface area contributed by atoms with Crippen LogP contribution >= 0.6 is 0 Å². The van der Waals surface area contributed by atoms with Gasteiger partial charge in [-0.05, 0) is 6.07 Å². The molecule has 0 aliphatic carbocycles. The van der Waals surface area contributed by atoms with Crippen molar-refractivity contribution in [3.05, 3.63) is 29.6 Å². The fourth-order valence-corrected chi connectivity index (χ4v) is 0.832. The van der Waals surface area contributed by atoms with Gasteiger partial charge in [-0.2, -0.15) is 5.26 Å². The zero-order valence-electron chi connectivity index (χ0n) is 7.27. The van der Waals surface area contributed by atoms with Crippen LogP contribution in [0.15, 0.2) is 18.2 Å². The molecule has 0 aliphatic rings. The van der Waals surface area contributed by atoms with E-state index in [0.29, 0.717) is 18.2 Å². The SMILES string of the molecule is N#Cc1cc([B-](F)(F)F)ccc1F.[K+]. The molecule has 0 atom stereocenters. The van der Waals surface area contributed by atoms with E-state index in [1.807, 2.05) is 0 Å². The Morgan fingerprint density at radius 3 is 2.21 bits per heavy atom. The fourth-order valence-electron chi connectivity index (χ4n) is 0.832. The van der Waals surface area contributed by atoms with Crippen LogP contribution in [-0.4, -0.2) is 6.98 Å². The Balaban J connectivity index is 0.00000169. The summed E-state index contributed by atoms with van der Waals surface area (Å²) < 4.78 is 48.8. The molecular weight excluding hydrogens is 224 g/mol. The smallest absolute Gasteiger partial charge is 0.445 e. The third kappa shape index (κ3) is 3.37. The van der Waals surface area contributed by atoms with Crippen molar-refractivity contribution in [3.8, 4) is 6.07 Å². The van der Waals surface area contributed by atoms with E-state index in [0.717, 1.165) is 0 Å². The Kier molecular flexibility index (Phi) is 5.33. The normalized spacial score (nSPS) is 10.2. The first-order chi connectivity index (χ1) is 5.95. The average molecular weight is 227 g/mol. The van der Waals surface area contributed by atoms with Crippen LogP contribution in [0.3, 0.4) is 0 Å². The minimum Gasteiger partial charge on any atom is -0.445 e. The second kappa shape index (κ2) is 5.28. The Morgan fingerprint density at radius 1 is 1.21 bits per heavy atom. The van der Waals surface area contributed by atoms with Crippen LogP contribution in [0.1, 0.15) is 5.56 Å². The van der Waals surface area contributed by atoms with Gasteiger partial charge in [0.15, 0.2) is 0 Å². The zero-order chi connectivity index (χ0) is 10.1. The number of rotatable bonds is 1. The molecule has 0 spiro atoms. The summed E-state index contributed by atoms with van der Waals surface area (Å²) in [6.45, 7) is -5.16. The Hall–Kier alpha value is 0.131. The number of hydrogen-bond donors (Lipinski definition) is 0. The van der Waals surface area contributed by atoms with E-state index >= 15 is 0 Å². The molecule has 0 heterocycles. The molecule has 0 saturated carbocycles. The van der Waals surface area contributed by atoms with E-state index in [9.17, 15) is 17.3 Å². The van der Waals surface area contributed by atoms with Gasteiger partial charge >= 0.3 is 58.4 Å². The molecule has 1 rings (SSSR count). The summed E-state index contributed by atoms with van der Waals surface area (Å²) in [5.74, 6) is -0.939. The van der Waals surface area contributed by atoms with E-state index in [4.69, 9.17) is 5.26 Å². The molecule has 14 heavy (non-hydrogen) atoms. The van der Waals surface area contributed by atoms with Gasteiger partial charge in [-0.25, -0.2) is 4.39 Å². The summed E-state index contributed by atoms with van der Waals surface area (Å²) in [6.07, 6.45) is 0. The molecule has 0 radical (unpaired) electrons. The van der Waals surface area contributed by atoms with E-state index in [2.05, 4.69) is 0 Å². The fraction of sp³-hybridized carbons (Fsp3) is 0. The van der Waals surface area contributed by atoms with Crippen molar-refractivity contribution in [1.29, 1.82) is 5.26 Å². The van der Waals surface area contributed by atoms with Crippen molar-refractivity contribution in [2.24, 2.45) is 0 Å². The third-order valence-corrected chi connectivity index (χ3v) is 1.49. The van der Waals surface area contributed by atoms with Gasteiger partial charge in [0.2, 0.25) is 0 Å². The van der Waals surface area contributed by atoms with Gasteiger partial charge in [-0.15, -0.1) is 5.46 Å². The first-order valence-corrected chi connectivity index (χ1v) is 3.34. The quantitative estimate of drug-likeness (QED) is 0.434. The second-order valence-electron chi connectivity index (χ2n) is 2.43. The summed E-state index contributed by atoms with van der Waals surface area (Å²) in [6, 6.07) is 3.12. The maximum Gasteiger partial charge on any atom is 1.00 e. The van der Waals surface area contributed by atoms with Crippen molar-refractivity contribution in [1.82, 2.24) is 0 Å². The van der Waals surface area contributed by atoms with Crippen LogP contribution in [0, 0.1) is 17.1 Å². The summed E-state index contributed by atoms with van der Waals surface area (Å²) in [5.41, 5.74) is -1.55. The summed E-state index contributed by atoms with van der Waals surface area (Å²) >= 11 is 0. The Bertz CT molecular complexity index is 371. The first kappa shape index (κ1) is 14.1. The van der Waals surface area contributed by atoms with E-state index in [1.165, 1.54) is 6.07 Å². The van der Waals surface area contributed by atoms with Crippen molar-refractivity contribution >= 4 is 12.4 Å². The van der Waals surface area contributed by atoms with Gasteiger partial charge in [-0.3, -0.25) is 0 Å². The second-order valence-corrected chi connectivity index (χ2v) is 2.43. The first-order valence-electron chi connectivity index (χ1n) is 3.34. The monoisotopic (exact) mass is 227 g/mol. The molecule has 1 aromatic carbocycles. The van der Waals surface area contributed by atoms with Gasteiger partial charge in [0.05, 0.1) is 5.56 Å². The molecule has 68 valence electrons. The summed E-state index contributed by atoms with van der Waals surface area (Å²) in [5, 5.41) is 8.26. The molecule has 0 unspecified atom stereocenters. The predicted molar refractivity (Wildman–Crippen MR) is 39.8 cm³/mol. The molecule has 0 fully saturated rings. The van der Waals surface area contributed by atoms with Gasteiger partial charge in [-0.1, -0.05) is 12.1 Å². The number of benzene rings is 1. The zero-order valence-corrected chi connectivity index (χ0v) is 10.4. The topological polar surface area (TPSA) is 23.8 Å². The van der Waals surface area contributed by atoms with Crippen LogP contribution < -0.4 is 56.8 Å². The van der Waals surface area contributed by atoms with Crippen LogP contribution in [-0.2, 0) is 0 Å². The summed E-state index contributed by atoms with van der Waals surface area (Å²) in [4.78, 5) is 0. The van der Waals surface area contributed by atoms with Gasteiger partial charge in [0, 0.05) is 0 Å². The van der Waals surface area contributed by atoms with E-state index < -0.39 is 23.8 Å². The van der Waals surface area contributed by atoms with Crippen LogP contribution in [0.25, 0.3) is 0 Å². The molecular formula is C7H3BF4KN. The molecule has 1 aromatic rings. The molecule has 0 saturated heterocycles. The predicted octanol–water partition coefficient (Wildman–Crippen LogP) is -1.24. The molecule has 0 aliphatic heterocycles. The van der Waals surface area contributed by atoms with Crippen LogP contribution in [0.4, 0.5) is 17.3 Å². The van der Waals surface area contributed by atoms with Gasteiger partial charge in [0.1, 0.15) is 11.9 Å². The molecule has 0 N–H and O–H groups in total. The maximum atomic E-state index is 12.6. The van der Waals surface area contributed by atoms with Crippen LogP contribution in [0.2, 0.25) is 0 Å². The molecule has 7 heteroatoms. The third-order valence-electron chi connectivity index (χ3n) is 1.49. The van der Waals surface area contributed by atoms with Gasteiger partial charge < -0.3 is 12.9 Å². The number of nitriles is 1. The standard InChI is InChI=1S/C7H3BF4N.K/c9-7-2-1-6(8(10,11)12)3-5(7)4-13;/h1-3H;/q-1;+1. The van der Waals surface area contributed by atoms with Crippen LogP contribution in [0.5, 0.6) is 0 Å². The summed E-state index contributed by atoms with van der Waals surface area (Å²) in [7, 11) is 0. The molecule has 0 bridgehead atoms. The minimum atomic E-state index is -5.16. The average Bonchev–Trinajstić information content (AvgIpc) is 2.03. The maximum absolute atomic E-state index is 12.6. The van der Waals surface area contributed by atoms with E-state index in [1.54, 1.807) is 0 Å². The van der Waals surface area contributed by atoms with Crippen molar-refractivity contribution in [2.45, 2.75) is 0 Å². The molecule has 0 amide bonds. The number of halogens is 4. The number of nitrogens with zero attached hydrogens (tertiary/aromatic N) is 1. The number of hydrogen-bond acceptors (Lipinski definition) is 1. The van der Waals surface area contributed by atoms with E-state index in [-0.39, 0.29) is 51.4 Å².